The van der Waals surface area contributed by atoms with Gasteiger partial charge in [0.15, 0.2) is 0 Å². The van der Waals surface area contributed by atoms with Gasteiger partial charge in [0.1, 0.15) is 11.2 Å². The third-order valence-electron chi connectivity index (χ3n) is 9.92. The number of fused-ring (bicyclic) bond motifs is 6. The van der Waals surface area contributed by atoms with Crippen molar-refractivity contribution in [2.45, 2.75) is 0 Å². The minimum Gasteiger partial charge on any atom is -0.456 e. The second kappa shape index (κ2) is 11.5. The van der Waals surface area contributed by atoms with Crippen LogP contribution in [0.1, 0.15) is 0 Å². The van der Waals surface area contributed by atoms with Crippen LogP contribution < -0.4 is 4.90 Å². The van der Waals surface area contributed by atoms with E-state index in [-0.39, 0.29) is 0 Å². The molecule has 0 fully saturated rings. The molecule has 3 heteroatoms. The molecule has 2 aromatic heterocycles. The fourth-order valence-corrected chi connectivity index (χ4v) is 7.47. The lowest BCUT2D eigenvalue weighted by Crippen LogP contribution is -2.09. The van der Waals surface area contributed by atoms with Crippen LogP contribution in [0.5, 0.6) is 0 Å². The number of pyridine rings is 1. The van der Waals surface area contributed by atoms with Gasteiger partial charge in [-0.15, -0.1) is 0 Å². The molecule has 0 bridgehead atoms. The Kier molecular flexibility index (Phi) is 6.49. The number of anilines is 3. The van der Waals surface area contributed by atoms with E-state index < -0.39 is 0 Å². The van der Waals surface area contributed by atoms with Gasteiger partial charge in [0.05, 0.1) is 0 Å². The molecule has 10 rings (SSSR count). The molecule has 8 aromatic carbocycles. The Hall–Kier alpha value is -6.71. The summed E-state index contributed by atoms with van der Waals surface area (Å²) in [5, 5.41) is 9.37. The summed E-state index contributed by atoms with van der Waals surface area (Å²) in [6.07, 6.45) is 3.66. The quantitative estimate of drug-likeness (QED) is 0.188. The fourth-order valence-electron chi connectivity index (χ4n) is 7.47. The molecular weight excluding hydrogens is 609 g/mol. The molecule has 50 heavy (non-hydrogen) atoms. The maximum absolute atomic E-state index is 6.18. The summed E-state index contributed by atoms with van der Waals surface area (Å²) in [7, 11) is 0. The van der Waals surface area contributed by atoms with Crippen LogP contribution in [0.2, 0.25) is 0 Å². The van der Waals surface area contributed by atoms with Crippen LogP contribution in [-0.2, 0) is 0 Å². The summed E-state index contributed by atoms with van der Waals surface area (Å²) in [6, 6.07) is 61.1. The summed E-state index contributed by atoms with van der Waals surface area (Å²) >= 11 is 0. The Labute approximate surface area is 289 Å². The lowest BCUT2D eigenvalue weighted by molar-refractivity contribution is 0.669. The highest BCUT2D eigenvalue weighted by Crippen LogP contribution is 2.40. The zero-order valence-electron chi connectivity index (χ0n) is 27.1. The van der Waals surface area contributed by atoms with Crippen LogP contribution in [0, 0.1) is 0 Å². The SMILES string of the molecule is c1ccc2c(-c3ccc(N(c4ccc(-c5cccc6ccccc56)cc4)c4ccc5cc6oc7ccncc7c6cc5c4)cc3)cccc2c1. The van der Waals surface area contributed by atoms with E-state index in [0.717, 1.165) is 49.8 Å². The van der Waals surface area contributed by atoms with Gasteiger partial charge < -0.3 is 9.32 Å². The molecule has 0 aliphatic rings. The third kappa shape index (κ3) is 4.71. The zero-order chi connectivity index (χ0) is 33.0. The minimum absolute atomic E-state index is 0.852. The molecule has 0 aliphatic heterocycles. The molecule has 0 N–H and O–H groups in total. The van der Waals surface area contributed by atoms with Crippen LogP contribution in [0.3, 0.4) is 0 Å². The van der Waals surface area contributed by atoms with E-state index in [1.165, 1.54) is 43.8 Å². The standard InChI is InChI=1S/C47H30N2O/c1-3-11-40-31(7-1)9-5-13-42(40)33-15-20-37(21-16-33)49(38-22-17-34(18-23-38)43-14-6-10-32-8-2-4-12-41(32)43)39-24-19-35-29-47-44(28-36(35)27-39)45-30-48-26-25-46(45)50-47/h1-30H. The van der Waals surface area contributed by atoms with E-state index in [9.17, 15) is 0 Å². The first-order chi connectivity index (χ1) is 24.8. The highest BCUT2D eigenvalue weighted by Gasteiger charge is 2.16. The predicted octanol–water partition coefficient (Wildman–Crippen LogP) is 13.2. The molecule has 0 unspecified atom stereocenters. The molecule has 0 atom stereocenters. The van der Waals surface area contributed by atoms with E-state index in [2.05, 4.69) is 174 Å². The Morgan fingerprint density at radius 3 is 1.60 bits per heavy atom. The first-order valence-corrected chi connectivity index (χ1v) is 16.9. The zero-order valence-corrected chi connectivity index (χ0v) is 27.1. The van der Waals surface area contributed by atoms with Crippen molar-refractivity contribution < 1.29 is 4.42 Å². The highest BCUT2D eigenvalue weighted by molar-refractivity contribution is 6.10. The summed E-state index contributed by atoms with van der Waals surface area (Å²) in [4.78, 5) is 6.71. The summed E-state index contributed by atoms with van der Waals surface area (Å²) in [6.45, 7) is 0. The van der Waals surface area contributed by atoms with Crippen molar-refractivity contribution in [3.8, 4) is 22.3 Å². The Balaban J connectivity index is 1.11. The summed E-state index contributed by atoms with van der Waals surface area (Å²) in [5.41, 5.74) is 9.84. The van der Waals surface area contributed by atoms with Crippen LogP contribution in [-0.4, -0.2) is 4.98 Å². The average Bonchev–Trinajstić information content (AvgIpc) is 3.54. The van der Waals surface area contributed by atoms with Crippen molar-refractivity contribution >= 4 is 71.3 Å². The van der Waals surface area contributed by atoms with Gasteiger partial charge in [0, 0.05) is 40.2 Å². The Morgan fingerprint density at radius 2 is 0.960 bits per heavy atom. The van der Waals surface area contributed by atoms with E-state index in [1.807, 2.05) is 12.3 Å². The second-order valence-corrected chi connectivity index (χ2v) is 12.8. The van der Waals surface area contributed by atoms with E-state index in [0.29, 0.717) is 0 Å². The summed E-state index contributed by atoms with van der Waals surface area (Å²) in [5.74, 6) is 0. The van der Waals surface area contributed by atoms with Gasteiger partial charge in [0.2, 0.25) is 0 Å². The molecule has 0 spiro atoms. The maximum Gasteiger partial charge on any atom is 0.138 e. The molecule has 0 radical (unpaired) electrons. The van der Waals surface area contributed by atoms with Gasteiger partial charge in [-0.05, 0) is 109 Å². The maximum atomic E-state index is 6.18. The molecule has 2 heterocycles. The summed E-state index contributed by atoms with van der Waals surface area (Å²) < 4.78 is 6.18. The molecule has 0 amide bonds. The number of furan rings is 1. The fraction of sp³-hybridized carbons (Fsp3) is 0. The van der Waals surface area contributed by atoms with Crippen molar-refractivity contribution in [1.29, 1.82) is 0 Å². The Morgan fingerprint density at radius 1 is 0.380 bits per heavy atom. The van der Waals surface area contributed by atoms with Crippen LogP contribution in [0.4, 0.5) is 17.1 Å². The van der Waals surface area contributed by atoms with Gasteiger partial charge in [-0.25, -0.2) is 0 Å². The minimum atomic E-state index is 0.852. The van der Waals surface area contributed by atoms with Crippen molar-refractivity contribution in [3.63, 3.8) is 0 Å². The molecule has 0 saturated carbocycles. The van der Waals surface area contributed by atoms with E-state index in [1.54, 1.807) is 6.20 Å². The van der Waals surface area contributed by atoms with Gasteiger partial charge >= 0.3 is 0 Å². The molecular formula is C47H30N2O. The normalized spacial score (nSPS) is 11.6. The lowest BCUT2D eigenvalue weighted by atomic mass is 9.97. The first kappa shape index (κ1) is 28.3. The van der Waals surface area contributed by atoms with Crippen LogP contribution >= 0.6 is 0 Å². The largest absolute Gasteiger partial charge is 0.456 e. The van der Waals surface area contributed by atoms with E-state index >= 15 is 0 Å². The number of rotatable bonds is 5. The van der Waals surface area contributed by atoms with Crippen LogP contribution in [0.15, 0.2) is 187 Å². The third-order valence-corrected chi connectivity index (χ3v) is 9.92. The molecule has 0 aliphatic carbocycles. The molecule has 234 valence electrons. The lowest BCUT2D eigenvalue weighted by Gasteiger charge is -2.26. The number of hydrogen-bond donors (Lipinski definition) is 0. The topological polar surface area (TPSA) is 29.3 Å². The highest BCUT2D eigenvalue weighted by atomic mass is 16.3. The predicted molar refractivity (Wildman–Crippen MR) is 210 cm³/mol. The second-order valence-electron chi connectivity index (χ2n) is 12.8. The van der Waals surface area contributed by atoms with Crippen molar-refractivity contribution in [2.75, 3.05) is 4.90 Å². The smallest absolute Gasteiger partial charge is 0.138 e. The first-order valence-electron chi connectivity index (χ1n) is 16.9. The monoisotopic (exact) mass is 638 g/mol. The number of nitrogens with zero attached hydrogens (tertiary/aromatic N) is 2. The van der Waals surface area contributed by atoms with E-state index in [4.69, 9.17) is 4.42 Å². The van der Waals surface area contributed by atoms with Gasteiger partial charge in [-0.3, -0.25) is 4.98 Å². The van der Waals surface area contributed by atoms with Gasteiger partial charge in [0.25, 0.3) is 0 Å². The van der Waals surface area contributed by atoms with Crippen molar-refractivity contribution in [3.05, 3.63) is 182 Å². The number of aromatic nitrogens is 1. The van der Waals surface area contributed by atoms with Gasteiger partial charge in [-0.1, -0.05) is 115 Å². The molecule has 10 aromatic rings. The van der Waals surface area contributed by atoms with Crippen molar-refractivity contribution in [2.24, 2.45) is 0 Å². The number of hydrogen-bond acceptors (Lipinski definition) is 3. The Bertz CT molecular complexity index is 2730. The average molecular weight is 639 g/mol. The van der Waals surface area contributed by atoms with Gasteiger partial charge in [-0.2, -0.15) is 0 Å². The van der Waals surface area contributed by atoms with Crippen LogP contribution in [0.25, 0.3) is 76.5 Å². The molecule has 3 nitrogen and oxygen atoms in total. The number of benzene rings is 8. The molecule has 0 saturated heterocycles. The van der Waals surface area contributed by atoms with Crippen molar-refractivity contribution in [1.82, 2.24) is 4.98 Å².